The van der Waals surface area contributed by atoms with E-state index in [0.29, 0.717) is 19.8 Å². The van der Waals surface area contributed by atoms with Crippen LogP contribution in [0.3, 0.4) is 0 Å². The number of benzene rings is 2. The molecule has 0 aliphatic carbocycles. The third-order valence-corrected chi connectivity index (χ3v) is 6.03. The van der Waals surface area contributed by atoms with Crippen LogP contribution in [0.25, 0.3) is 0 Å². The van der Waals surface area contributed by atoms with Crippen LogP contribution >= 0.6 is 23.4 Å². The van der Waals surface area contributed by atoms with Gasteiger partial charge in [-0.3, -0.25) is 4.79 Å². The highest BCUT2D eigenvalue weighted by atomic mass is 35.5. The number of halogens is 2. The molecule has 1 N–H and O–H groups in total. The summed E-state index contributed by atoms with van der Waals surface area (Å²) < 4.78 is 18.5. The number of amides is 1. The Bertz CT molecular complexity index is 735. The monoisotopic (exact) mass is 379 g/mol. The minimum Gasteiger partial charge on any atom is -0.381 e. The van der Waals surface area contributed by atoms with Crippen molar-refractivity contribution in [3.05, 3.63) is 64.9 Å². The van der Waals surface area contributed by atoms with Crippen LogP contribution < -0.4 is 5.32 Å². The van der Waals surface area contributed by atoms with Crippen molar-refractivity contribution in [3.8, 4) is 0 Å². The Morgan fingerprint density at radius 3 is 2.60 bits per heavy atom. The van der Waals surface area contributed by atoms with E-state index in [4.69, 9.17) is 16.3 Å². The lowest BCUT2D eigenvalue weighted by Gasteiger charge is -2.36. The fourth-order valence-electron chi connectivity index (χ4n) is 2.81. The second kappa shape index (κ2) is 8.21. The number of hydrogen-bond donors (Lipinski definition) is 1. The minimum atomic E-state index is -0.456. The third kappa shape index (κ3) is 4.75. The number of nitrogens with one attached hydrogen (secondary N) is 1. The first-order chi connectivity index (χ1) is 12.1. The number of carbonyl (C=O) groups is 1. The maximum Gasteiger partial charge on any atom is 0.252 e. The smallest absolute Gasteiger partial charge is 0.252 e. The van der Waals surface area contributed by atoms with E-state index in [9.17, 15) is 9.18 Å². The van der Waals surface area contributed by atoms with Gasteiger partial charge in [-0.05, 0) is 43.2 Å². The van der Waals surface area contributed by atoms with Gasteiger partial charge in [-0.1, -0.05) is 29.8 Å². The van der Waals surface area contributed by atoms with Gasteiger partial charge >= 0.3 is 0 Å². The van der Waals surface area contributed by atoms with Gasteiger partial charge in [-0.2, -0.15) is 0 Å². The molecule has 1 aliphatic heterocycles. The summed E-state index contributed by atoms with van der Waals surface area (Å²) in [6.07, 6.45) is 1.70. The van der Waals surface area contributed by atoms with Gasteiger partial charge in [0, 0.05) is 29.4 Å². The first-order valence-electron chi connectivity index (χ1n) is 8.13. The summed E-state index contributed by atoms with van der Waals surface area (Å²) >= 11 is 7.75. The summed E-state index contributed by atoms with van der Waals surface area (Å²) in [5.41, 5.74) is 0.287. The molecule has 0 bridgehead atoms. The maximum absolute atomic E-state index is 13.2. The van der Waals surface area contributed by atoms with E-state index in [2.05, 4.69) is 17.4 Å². The fraction of sp³-hybridized carbons (Fsp3) is 0.316. The van der Waals surface area contributed by atoms with Crippen LogP contribution in [0, 0.1) is 5.82 Å². The van der Waals surface area contributed by atoms with Gasteiger partial charge in [0.2, 0.25) is 0 Å². The first kappa shape index (κ1) is 18.2. The second-order valence-corrected chi connectivity index (χ2v) is 7.97. The van der Waals surface area contributed by atoms with Crippen molar-refractivity contribution in [2.45, 2.75) is 22.5 Å². The zero-order valence-corrected chi connectivity index (χ0v) is 15.2. The molecule has 1 amide bonds. The lowest BCUT2D eigenvalue weighted by molar-refractivity contribution is 0.0741. The molecule has 0 unspecified atom stereocenters. The van der Waals surface area contributed by atoms with E-state index in [0.717, 1.165) is 18.9 Å². The highest BCUT2D eigenvalue weighted by Gasteiger charge is 2.34. The van der Waals surface area contributed by atoms with Gasteiger partial charge < -0.3 is 10.1 Å². The molecule has 0 saturated carbocycles. The number of hydrogen-bond acceptors (Lipinski definition) is 3. The SMILES string of the molecule is O=C(NCC1(Sc2ccccc2)CCOCC1)c1ccc(F)cc1Cl. The Balaban J connectivity index is 1.71. The molecule has 2 aromatic carbocycles. The molecule has 1 heterocycles. The van der Waals surface area contributed by atoms with E-state index in [1.54, 1.807) is 11.8 Å². The van der Waals surface area contributed by atoms with Crippen LogP contribution in [0.4, 0.5) is 4.39 Å². The lowest BCUT2D eigenvalue weighted by Crippen LogP contribution is -2.44. The average Bonchev–Trinajstić information content (AvgIpc) is 2.61. The molecule has 3 rings (SSSR count). The Kier molecular flexibility index (Phi) is 5.99. The van der Waals surface area contributed by atoms with Crippen molar-refractivity contribution in [2.75, 3.05) is 19.8 Å². The number of carbonyl (C=O) groups excluding carboxylic acids is 1. The topological polar surface area (TPSA) is 38.3 Å². The Morgan fingerprint density at radius 1 is 1.20 bits per heavy atom. The van der Waals surface area contributed by atoms with Crippen molar-refractivity contribution in [2.24, 2.45) is 0 Å². The molecule has 0 radical (unpaired) electrons. The van der Waals surface area contributed by atoms with Crippen LogP contribution in [0.1, 0.15) is 23.2 Å². The van der Waals surface area contributed by atoms with Gasteiger partial charge in [0.25, 0.3) is 5.91 Å². The summed E-state index contributed by atoms with van der Waals surface area (Å²) in [7, 11) is 0. The van der Waals surface area contributed by atoms with Gasteiger partial charge in [0.15, 0.2) is 0 Å². The first-order valence-corrected chi connectivity index (χ1v) is 9.33. The van der Waals surface area contributed by atoms with Crippen LogP contribution in [0.2, 0.25) is 5.02 Å². The highest BCUT2D eigenvalue weighted by Crippen LogP contribution is 2.40. The van der Waals surface area contributed by atoms with Gasteiger partial charge in [-0.15, -0.1) is 11.8 Å². The van der Waals surface area contributed by atoms with E-state index < -0.39 is 5.82 Å². The van der Waals surface area contributed by atoms with E-state index in [1.807, 2.05) is 18.2 Å². The Labute approximate surface area is 155 Å². The molecular formula is C19H19ClFNO2S. The van der Waals surface area contributed by atoms with Crippen molar-refractivity contribution >= 4 is 29.3 Å². The Morgan fingerprint density at radius 2 is 1.92 bits per heavy atom. The predicted molar refractivity (Wildman–Crippen MR) is 98.8 cm³/mol. The van der Waals surface area contributed by atoms with Crippen molar-refractivity contribution in [1.29, 1.82) is 0 Å². The highest BCUT2D eigenvalue weighted by molar-refractivity contribution is 8.00. The molecule has 25 heavy (non-hydrogen) atoms. The minimum absolute atomic E-state index is 0.120. The zero-order chi connectivity index (χ0) is 17.7. The molecule has 2 aromatic rings. The average molecular weight is 380 g/mol. The summed E-state index contributed by atoms with van der Waals surface area (Å²) in [6.45, 7) is 1.85. The van der Waals surface area contributed by atoms with E-state index in [1.165, 1.54) is 17.0 Å². The van der Waals surface area contributed by atoms with Crippen LogP contribution in [-0.4, -0.2) is 30.4 Å². The Hall–Kier alpha value is -1.56. The van der Waals surface area contributed by atoms with Gasteiger partial charge in [0.05, 0.1) is 10.6 Å². The fourth-order valence-corrected chi connectivity index (χ4v) is 4.37. The largest absolute Gasteiger partial charge is 0.381 e. The zero-order valence-electron chi connectivity index (χ0n) is 13.6. The summed E-state index contributed by atoms with van der Waals surface area (Å²) in [4.78, 5) is 13.6. The molecule has 132 valence electrons. The third-order valence-electron chi connectivity index (χ3n) is 4.23. The van der Waals surface area contributed by atoms with Gasteiger partial charge in [-0.25, -0.2) is 4.39 Å². The molecule has 0 aromatic heterocycles. The predicted octanol–water partition coefficient (Wildman–Crippen LogP) is 4.55. The van der Waals surface area contributed by atoms with Crippen LogP contribution in [0.5, 0.6) is 0 Å². The maximum atomic E-state index is 13.2. The molecule has 6 heteroatoms. The normalized spacial score (nSPS) is 16.4. The van der Waals surface area contributed by atoms with Crippen LogP contribution in [0.15, 0.2) is 53.4 Å². The molecule has 1 aliphatic rings. The summed E-state index contributed by atoms with van der Waals surface area (Å²) in [5.74, 6) is -0.744. The quantitative estimate of drug-likeness (QED) is 0.828. The van der Waals surface area contributed by atoms with Crippen LogP contribution in [-0.2, 0) is 4.74 Å². The molecule has 0 spiro atoms. The number of ether oxygens (including phenoxy) is 1. The number of rotatable bonds is 5. The molecule has 0 atom stereocenters. The molecule has 1 saturated heterocycles. The molecule has 3 nitrogen and oxygen atoms in total. The molecular weight excluding hydrogens is 361 g/mol. The summed E-state index contributed by atoms with van der Waals surface area (Å²) in [5, 5.41) is 3.09. The molecule has 1 fully saturated rings. The van der Waals surface area contributed by atoms with Crippen molar-refractivity contribution < 1.29 is 13.9 Å². The van der Waals surface area contributed by atoms with Crippen molar-refractivity contribution in [3.63, 3.8) is 0 Å². The summed E-state index contributed by atoms with van der Waals surface area (Å²) in [6, 6.07) is 13.9. The van der Waals surface area contributed by atoms with Gasteiger partial charge in [0.1, 0.15) is 5.82 Å². The lowest BCUT2D eigenvalue weighted by atomic mass is 9.99. The van der Waals surface area contributed by atoms with Crippen molar-refractivity contribution in [1.82, 2.24) is 5.32 Å². The number of thioether (sulfide) groups is 1. The standard InChI is InChI=1S/C19H19ClFNO2S/c20-17-12-14(21)6-7-16(17)18(23)22-13-19(8-10-24-11-9-19)25-15-4-2-1-3-5-15/h1-7,12H,8-11,13H2,(H,22,23). The second-order valence-electron chi connectivity index (χ2n) is 6.02. The van der Waals surface area contributed by atoms with E-state index in [-0.39, 0.29) is 21.2 Å². The van der Waals surface area contributed by atoms with E-state index >= 15 is 0 Å².